The molecule has 2 rings (SSSR count). The molecule has 0 unspecified atom stereocenters. The molecule has 0 radical (unpaired) electrons. The highest BCUT2D eigenvalue weighted by atomic mass is 32.2. The number of methoxy groups -OCH3 is 2. The summed E-state index contributed by atoms with van der Waals surface area (Å²) in [5.74, 6) is 4.07. The van der Waals surface area contributed by atoms with Crippen LogP contribution in [0.1, 0.15) is 95.0 Å². The second-order valence-electron chi connectivity index (χ2n) is 11.6. The van der Waals surface area contributed by atoms with Crippen molar-refractivity contribution >= 4 is 11.8 Å². The molecule has 0 aliphatic rings. The van der Waals surface area contributed by atoms with Crippen molar-refractivity contribution in [2.75, 3.05) is 26.6 Å². The molecule has 0 aromatic heterocycles. The van der Waals surface area contributed by atoms with Crippen LogP contribution in [0.4, 0.5) is 0 Å². The zero-order valence-corrected chi connectivity index (χ0v) is 24.9. The fraction of sp³-hybridized carbons (Fsp3) is 0.613. The van der Waals surface area contributed by atoms with Crippen molar-refractivity contribution < 1.29 is 14.2 Å². The van der Waals surface area contributed by atoms with Crippen molar-refractivity contribution in [2.45, 2.75) is 104 Å². The minimum absolute atomic E-state index is 0.0416. The highest BCUT2D eigenvalue weighted by Crippen LogP contribution is 2.42. The van der Waals surface area contributed by atoms with Crippen LogP contribution in [0.5, 0.6) is 17.2 Å². The Hall–Kier alpha value is -1.81. The zero-order valence-electron chi connectivity index (χ0n) is 24.1. The van der Waals surface area contributed by atoms with Gasteiger partial charge in [0.05, 0.1) is 20.8 Å². The number of hydrogen-bond donors (Lipinski definition) is 0. The van der Waals surface area contributed by atoms with Crippen LogP contribution in [-0.2, 0) is 10.8 Å². The Bertz CT molecular complexity index is 945. The van der Waals surface area contributed by atoms with Gasteiger partial charge in [0.1, 0.15) is 17.2 Å². The van der Waals surface area contributed by atoms with Gasteiger partial charge in [-0.25, -0.2) is 0 Å². The Balaban J connectivity index is 1.88. The predicted molar refractivity (Wildman–Crippen MR) is 152 cm³/mol. The van der Waals surface area contributed by atoms with Crippen molar-refractivity contribution in [1.29, 1.82) is 0 Å². The number of unbranched alkanes of at least 4 members (excludes halogenated alkanes) is 3. The van der Waals surface area contributed by atoms with E-state index in [-0.39, 0.29) is 10.8 Å². The molecule has 0 saturated heterocycles. The van der Waals surface area contributed by atoms with Gasteiger partial charge in [-0.1, -0.05) is 54.4 Å². The standard InChI is InChI=1S/C31H48O3S/c1-21-18-27(32-10)23(3)28(22(21)2)34-16-14-12-13-15-17-35-24-19-25(30(4,5)6)29(33-11)26(20-24)31(7,8)9/h18-20H,12-17H2,1-11H3. The minimum Gasteiger partial charge on any atom is -0.496 e. The van der Waals surface area contributed by atoms with Crippen molar-refractivity contribution in [1.82, 2.24) is 0 Å². The molecule has 0 amide bonds. The molecule has 0 aliphatic heterocycles. The summed E-state index contributed by atoms with van der Waals surface area (Å²) < 4.78 is 17.6. The maximum atomic E-state index is 6.18. The maximum Gasteiger partial charge on any atom is 0.129 e. The van der Waals surface area contributed by atoms with Crippen LogP contribution < -0.4 is 14.2 Å². The fourth-order valence-electron chi connectivity index (χ4n) is 4.36. The van der Waals surface area contributed by atoms with Gasteiger partial charge < -0.3 is 14.2 Å². The molecule has 0 aliphatic carbocycles. The Kier molecular flexibility index (Phi) is 10.4. The molecule has 0 bridgehead atoms. The summed E-state index contributed by atoms with van der Waals surface area (Å²) in [5, 5.41) is 0. The van der Waals surface area contributed by atoms with E-state index in [0.717, 1.165) is 41.6 Å². The van der Waals surface area contributed by atoms with Crippen LogP contribution in [0.15, 0.2) is 23.1 Å². The Labute approximate surface area is 219 Å². The summed E-state index contributed by atoms with van der Waals surface area (Å²) in [5.41, 5.74) is 6.19. The van der Waals surface area contributed by atoms with E-state index in [2.05, 4.69) is 80.5 Å². The summed E-state index contributed by atoms with van der Waals surface area (Å²) >= 11 is 1.97. The number of thioether (sulfide) groups is 1. The first kappa shape index (κ1) is 29.4. The lowest BCUT2D eigenvalue weighted by Crippen LogP contribution is -2.19. The van der Waals surface area contributed by atoms with E-state index in [1.807, 2.05) is 11.8 Å². The molecule has 2 aromatic carbocycles. The molecule has 35 heavy (non-hydrogen) atoms. The van der Waals surface area contributed by atoms with E-state index in [0.29, 0.717) is 0 Å². The first-order valence-corrected chi connectivity index (χ1v) is 13.9. The molecule has 0 heterocycles. The third-order valence-corrected chi connectivity index (χ3v) is 7.71. The van der Waals surface area contributed by atoms with Crippen molar-refractivity contribution in [3.63, 3.8) is 0 Å². The summed E-state index contributed by atoms with van der Waals surface area (Å²) in [6, 6.07) is 6.77. The highest BCUT2D eigenvalue weighted by Gasteiger charge is 2.27. The smallest absolute Gasteiger partial charge is 0.129 e. The van der Waals surface area contributed by atoms with Crippen LogP contribution >= 0.6 is 11.8 Å². The molecule has 2 aromatic rings. The Morgan fingerprint density at radius 1 is 0.686 bits per heavy atom. The Morgan fingerprint density at radius 2 is 1.26 bits per heavy atom. The highest BCUT2D eigenvalue weighted by molar-refractivity contribution is 7.99. The fourth-order valence-corrected chi connectivity index (χ4v) is 5.34. The van der Waals surface area contributed by atoms with Gasteiger partial charge in [-0.15, -0.1) is 11.8 Å². The molecule has 0 saturated carbocycles. The van der Waals surface area contributed by atoms with Crippen LogP contribution in [0.2, 0.25) is 0 Å². The lowest BCUT2D eigenvalue weighted by Gasteiger charge is -2.29. The topological polar surface area (TPSA) is 27.7 Å². The molecule has 0 spiro atoms. The summed E-state index contributed by atoms with van der Waals surface area (Å²) in [6.45, 7) is 20.7. The van der Waals surface area contributed by atoms with Gasteiger partial charge in [-0.3, -0.25) is 0 Å². The second kappa shape index (κ2) is 12.4. The molecule has 0 atom stereocenters. The van der Waals surface area contributed by atoms with Crippen molar-refractivity contribution in [2.24, 2.45) is 0 Å². The largest absolute Gasteiger partial charge is 0.496 e. The molecule has 196 valence electrons. The SMILES string of the molecule is COc1cc(C)c(C)c(OCCCCCCSc2cc(C(C)(C)C)c(OC)c(C(C)(C)C)c2)c1C. The third kappa shape index (κ3) is 7.84. The molecule has 4 heteroatoms. The van der Waals surface area contributed by atoms with Crippen molar-refractivity contribution in [3.05, 3.63) is 46.0 Å². The Morgan fingerprint density at radius 3 is 1.77 bits per heavy atom. The number of ether oxygens (including phenoxy) is 3. The average Bonchev–Trinajstić information content (AvgIpc) is 2.78. The van der Waals surface area contributed by atoms with Gasteiger partial charge in [-0.2, -0.15) is 0 Å². The molecular weight excluding hydrogens is 452 g/mol. The normalized spacial score (nSPS) is 12.1. The van der Waals surface area contributed by atoms with E-state index in [1.165, 1.54) is 46.4 Å². The number of hydrogen-bond acceptors (Lipinski definition) is 4. The molecule has 0 fully saturated rings. The van der Waals surface area contributed by atoms with Crippen LogP contribution in [0.25, 0.3) is 0 Å². The molecular formula is C31H48O3S. The zero-order chi connectivity index (χ0) is 26.4. The quantitative estimate of drug-likeness (QED) is 0.227. The van der Waals surface area contributed by atoms with Gasteiger partial charge in [-0.05, 0) is 79.5 Å². The summed E-state index contributed by atoms with van der Waals surface area (Å²) in [6.07, 6.45) is 4.69. The van der Waals surface area contributed by atoms with Gasteiger partial charge >= 0.3 is 0 Å². The van der Waals surface area contributed by atoms with Gasteiger partial charge in [0, 0.05) is 21.6 Å². The lowest BCUT2D eigenvalue weighted by molar-refractivity contribution is 0.298. The van der Waals surface area contributed by atoms with Gasteiger partial charge in [0.25, 0.3) is 0 Å². The predicted octanol–water partition coefficient (Wildman–Crippen LogP) is 8.96. The van der Waals surface area contributed by atoms with E-state index >= 15 is 0 Å². The van der Waals surface area contributed by atoms with Crippen LogP contribution in [0, 0.1) is 20.8 Å². The van der Waals surface area contributed by atoms with Gasteiger partial charge in [0.15, 0.2) is 0 Å². The van der Waals surface area contributed by atoms with E-state index in [4.69, 9.17) is 14.2 Å². The third-order valence-electron chi connectivity index (χ3n) is 6.65. The first-order chi connectivity index (χ1) is 16.3. The minimum atomic E-state index is 0.0416. The number of aryl methyl sites for hydroxylation is 1. The first-order valence-electron chi connectivity index (χ1n) is 12.9. The lowest BCUT2D eigenvalue weighted by atomic mass is 9.79. The second-order valence-corrected chi connectivity index (χ2v) is 12.8. The van der Waals surface area contributed by atoms with Crippen molar-refractivity contribution in [3.8, 4) is 17.2 Å². The van der Waals surface area contributed by atoms with E-state index < -0.39 is 0 Å². The van der Waals surface area contributed by atoms with Crippen LogP contribution in [-0.4, -0.2) is 26.6 Å². The van der Waals surface area contributed by atoms with E-state index in [1.54, 1.807) is 14.2 Å². The average molecular weight is 501 g/mol. The van der Waals surface area contributed by atoms with Gasteiger partial charge in [0.2, 0.25) is 0 Å². The molecule has 3 nitrogen and oxygen atoms in total. The van der Waals surface area contributed by atoms with Crippen LogP contribution in [0.3, 0.4) is 0 Å². The number of benzene rings is 2. The number of rotatable bonds is 11. The maximum absolute atomic E-state index is 6.18. The monoisotopic (exact) mass is 500 g/mol. The summed E-state index contributed by atoms with van der Waals surface area (Å²) in [4.78, 5) is 1.35. The molecule has 0 N–H and O–H groups in total. The van der Waals surface area contributed by atoms with E-state index in [9.17, 15) is 0 Å². The summed E-state index contributed by atoms with van der Waals surface area (Å²) in [7, 11) is 3.52.